The molecule has 7 heteroatoms. The summed E-state index contributed by atoms with van der Waals surface area (Å²) in [5, 5.41) is 9.15. The summed E-state index contributed by atoms with van der Waals surface area (Å²) in [6.07, 6.45) is 4.53. The second-order valence-electron chi connectivity index (χ2n) is 5.21. The van der Waals surface area contributed by atoms with E-state index in [2.05, 4.69) is 0 Å². The Kier molecular flexibility index (Phi) is 4.85. The SMILES string of the molecule is CN(CC1CCCCO1)S(=O)(=O)c1cc(CO)n(C)c1. The van der Waals surface area contributed by atoms with Gasteiger partial charge in [0.1, 0.15) is 4.90 Å². The van der Waals surface area contributed by atoms with E-state index in [0.717, 1.165) is 19.3 Å². The number of hydrogen-bond acceptors (Lipinski definition) is 4. The van der Waals surface area contributed by atoms with E-state index >= 15 is 0 Å². The van der Waals surface area contributed by atoms with Gasteiger partial charge in [-0.3, -0.25) is 0 Å². The highest BCUT2D eigenvalue weighted by Crippen LogP contribution is 2.20. The fourth-order valence-corrected chi connectivity index (χ4v) is 3.69. The van der Waals surface area contributed by atoms with Crippen molar-refractivity contribution in [3.05, 3.63) is 18.0 Å². The summed E-state index contributed by atoms with van der Waals surface area (Å²) in [6.45, 7) is 0.895. The lowest BCUT2D eigenvalue weighted by Gasteiger charge is -2.26. The highest BCUT2D eigenvalue weighted by molar-refractivity contribution is 7.89. The number of aromatic nitrogens is 1. The third-order valence-electron chi connectivity index (χ3n) is 3.69. The van der Waals surface area contributed by atoms with Gasteiger partial charge in [-0.05, 0) is 25.3 Å². The average molecular weight is 302 g/mol. The molecule has 0 spiro atoms. The van der Waals surface area contributed by atoms with Gasteiger partial charge in [0, 0.05) is 39.1 Å². The van der Waals surface area contributed by atoms with Crippen LogP contribution in [0.2, 0.25) is 0 Å². The van der Waals surface area contributed by atoms with Crippen LogP contribution in [0.25, 0.3) is 0 Å². The van der Waals surface area contributed by atoms with E-state index in [4.69, 9.17) is 9.84 Å². The molecule has 0 bridgehead atoms. The van der Waals surface area contributed by atoms with Crippen LogP contribution in [0.1, 0.15) is 25.0 Å². The first kappa shape index (κ1) is 15.5. The maximum Gasteiger partial charge on any atom is 0.244 e. The van der Waals surface area contributed by atoms with Gasteiger partial charge in [0.2, 0.25) is 10.0 Å². The first-order valence-electron chi connectivity index (χ1n) is 6.79. The van der Waals surface area contributed by atoms with Crippen LogP contribution in [0.5, 0.6) is 0 Å². The first-order chi connectivity index (χ1) is 9.45. The highest BCUT2D eigenvalue weighted by Gasteiger charge is 2.26. The summed E-state index contributed by atoms with van der Waals surface area (Å²) < 4.78 is 33.5. The van der Waals surface area contributed by atoms with Gasteiger partial charge in [-0.1, -0.05) is 0 Å². The van der Waals surface area contributed by atoms with Crippen LogP contribution in [-0.4, -0.2) is 48.7 Å². The van der Waals surface area contributed by atoms with Gasteiger partial charge in [-0.15, -0.1) is 0 Å². The van der Waals surface area contributed by atoms with Gasteiger partial charge in [-0.2, -0.15) is 4.31 Å². The molecule has 1 aliphatic heterocycles. The molecular weight excluding hydrogens is 280 g/mol. The summed E-state index contributed by atoms with van der Waals surface area (Å²) in [7, 11) is -0.243. The van der Waals surface area contributed by atoms with E-state index < -0.39 is 10.0 Å². The number of aliphatic hydroxyl groups excluding tert-OH is 1. The Balaban J connectivity index is 2.11. The Morgan fingerprint density at radius 2 is 2.25 bits per heavy atom. The molecular formula is C13H22N2O4S. The zero-order valence-corrected chi connectivity index (χ0v) is 12.8. The van der Waals surface area contributed by atoms with Crippen molar-refractivity contribution in [1.82, 2.24) is 8.87 Å². The first-order valence-corrected chi connectivity index (χ1v) is 8.23. The highest BCUT2D eigenvalue weighted by atomic mass is 32.2. The molecule has 1 atom stereocenters. The molecule has 0 amide bonds. The predicted molar refractivity (Wildman–Crippen MR) is 74.7 cm³/mol. The van der Waals surface area contributed by atoms with Gasteiger partial charge >= 0.3 is 0 Å². The Labute approximate surface area is 120 Å². The van der Waals surface area contributed by atoms with E-state index in [9.17, 15) is 8.42 Å². The van der Waals surface area contributed by atoms with E-state index in [1.165, 1.54) is 16.6 Å². The molecule has 20 heavy (non-hydrogen) atoms. The van der Waals surface area contributed by atoms with E-state index in [1.54, 1.807) is 18.7 Å². The van der Waals surface area contributed by atoms with Crippen LogP contribution in [-0.2, 0) is 28.4 Å². The van der Waals surface area contributed by atoms with Crippen LogP contribution in [0, 0.1) is 0 Å². The minimum atomic E-state index is -3.53. The molecule has 6 nitrogen and oxygen atoms in total. The Morgan fingerprint density at radius 3 is 2.80 bits per heavy atom. The second-order valence-corrected chi connectivity index (χ2v) is 7.26. The topological polar surface area (TPSA) is 71.8 Å². The van der Waals surface area contributed by atoms with Crippen LogP contribution in [0.4, 0.5) is 0 Å². The number of ether oxygens (including phenoxy) is 1. The summed E-state index contributed by atoms with van der Waals surface area (Å²) in [5.41, 5.74) is 0.575. The zero-order chi connectivity index (χ0) is 14.8. The molecule has 1 fully saturated rings. The van der Waals surface area contributed by atoms with Crippen LogP contribution < -0.4 is 0 Å². The number of aryl methyl sites for hydroxylation is 1. The lowest BCUT2D eigenvalue weighted by Crippen LogP contribution is -2.37. The van der Waals surface area contributed by atoms with Crippen LogP contribution in [0.15, 0.2) is 17.2 Å². The van der Waals surface area contributed by atoms with Gasteiger partial charge in [0.05, 0.1) is 12.7 Å². The van der Waals surface area contributed by atoms with Crippen molar-refractivity contribution in [2.24, 2.45) is 7.05 Å². The molecule has 0 aliphatic carbocycles. The quantitative estimate of drug-likeness (QED) is 0.869. The number of sulfonamides is 1. The average Bonchev–Trinajstić information content (AvgIpc) is 2.81. The van der Waals surface area contributed by atoms with Gasteiger partial charge < -0.3 is 14.4 Å². The molecule has 114 valence electrons. The lowest BCUT2D eigenvalue weighted by molar-refractivity contribution is 0.00858. The standard InChI is InChI=1S/C13H22N2O4S/c1-14-9-13(7-11(14)10-16)20(17,18)15(2)8-12-5-3-4-6-19-12/h7,9,12,16H,3-6,8,10H2,1-2H3. The Morgan fingerprint density at radius 1 is 1.50 bits per heavy atom. The van der Waals surface area contributed by atoms with E-state index in [0.29, 0.717) is 18.8 Å². The molecule has 1 aromatic heterocycles. The lowest BCUT2D eigenvalue weighted by atomic mass is 10.1. The molecule has 2 rings (SSSR count). The van der Waals surface area contributed by atoms with E-state index in [-0.39, 0.29) is 17.6 Å². The molecule has 0 saturated carbocycles. The zero-order valence-electron chi connectivity index (χ0n) is 11.9. The third kappa shape index (κ3) is 3.22. The van der Waals surface area contributed by atoms with Crippen molar-refractivity contribution >= 4 is 10.0 Å². The fourth-order valence-electron chi connectivity index (χ4n) is 2.39. The molecule has 0 aromatic carbocycles. The molecule has 2 heterocycles. The summed E-state index contributed by atoms with van der Waals surface area (Å²) in [5.74, 6) is 0. The van der Waals surface area contributed by atoms with Gasteiger partial charge in [-0.25, -0.2) is 8.42 Å². The Hall–Kier alpha value is -0.890. The number of likely N-dealkylation sites (N-methyl/N-ethyl adjacent to an activating group) is 1. The minimum absolute atomic E-state index is 0.0236. The number of aliphatic hydroxyl groups is 1. The van der Waals surface area contributed by atoms with Crippen molar-refractivity contribution in [1.29, 1.82) is 0 Å². The van der Waals surface area contributed by atoms with E-state index in [1.807, 2.05) is 0 Å². The molecule has 1 saturated heterocycles. The van der Waals surface area contributed by atoms with Crippen molar-refractivity contribution < 1.29 is 18.3 Å². The fraction of sp³-hybridized carbons (Fsp3) is 0.692. The number of rotatable bonds is 5. The molecule has 1 aliphatic rings. The number of hydrogen-bond donors (Lipinski definition) is 1. The number of nitrogens with zero attached hydrogens (tertiary/aromatic N) is 2. The van der Waals surface area contributed by atoms with Gasteiger partial charge in [0.15, 0.2) is 0 Å². The molecule has 0 radical (unpaired) electrons. The van der Waals surface area contributed by atoms with Crippen molar-refractivity contribution in [2.45, 2.75) is 36.9 Å². The predicted octanol–water partition coefficient (Wildman–Crippen LogP) is 0.707. The second kappa shape index (κ2) is 6.26. The third-order valence-corrected chi connectivity index (χ3v) is 5.48. The minimum Gasteiger partial charge on any atom is -0.390 e. The van der Waals surface area contributed by atoms with Crippen molar-refractivity contribution in [3.8, 4) is 0 Å². The molecule has 1 aromatic rings. The van der Waals surface area contributed by atoms with Crippen LogP contribution >= 0.6 is 0 Å². The van der Waals surface area contributed by atoms with Crippen molar-refractivity contribution in [3.63, 3.8) is 0 Å². The smallest absolute Gasteiger partial charge is 0.244 e. The summed E-state index contributed by atoms with van der Waals surface area (Å²) >= 11 is 0. The van der Waals surface area contributed by atoms with Crippen LogP contribution in [0.3, 0.4) is 0 Å². The maximum absolute atomic E-state index is 12.5. The normalized spacial score (nSPS) is 20.5. The Bertz CT molecular complexity index is 547. The largest absolute Gasteiger partial charge is 0.390 e. The summed E-state index contributed by atoms with van der Waals surface area (Å²) in [6, 6.07) is 1.51. The van der Waals surface area contributed by atoms with Gasteiger partial charge in [0.25, 0.3) is 0 Å². The monoisotopic (exact) mass is 302 g/mol. The molecule has 1 N–H and O–H groups in total. The van der Waals surface area contributed by atoms with Crippen molar-refractivity contribution in [2.75, 3.05) is 20.2 Å². The maximum atomic E-state index is 12.5. The molecule has 1 unspecified atom stereocenters. The summed E-state index contributed by atoms with van der Waals surface area (Å²) in [4.78, 5) is 0.211.